The van der Waals surface area contributed by atoms with E-state index in [1.54, 1.807) is 30.3 Å². The molecule has 1 saturated heterocycles. The Morgan fingerprint density at radius 3 is 2.65 bits per heavy atom. The standard InChI is InChI=1S/C22H20BrN3O5/c23-14-1-3-17-16(9-14)20(27)22(29)26(17)11-25-7-5-13(6-8-25)21(28)24-15-2-4-18-19(10-15)31-12-30-18/h1-4,9-10,13H,5-8,11-12H2,(H,24,28). The molecule has 31 heavy (non-hydrogen) atoms. The zero-order valence-corrected chi connectivity index (χ0v) is 18.2. The highest BCUT2D eigenvalue weighted by Gasteiger charge is 2.37. The van der Waals surface area contributed by atoms with Gasteiger partial charge in [-0.05, 0) is 43.2 Å². The number of nitrogens with one attached hydrogen (secondary N) is 1. The number of hydrogen-bond donors (Lipinski definition) is 1. The molecule has 3 aliphatic rings. The number of nitrogens with zero attached hydrogens (tertiary/aromatic N) is 2. The summed E-state index contributed by atoms with van der Waals surface area (Å²) in [7, 11) is 0. The molecule has 0 spiro atoms. The number of ether oxygens (including phenoxy) is 2. The zero-order chi connectivity index (χ0) is 21.5. The van der Waals surface area contributed by atoms with Gasteiger partial charge >= 0.3 is 5.91 Å². The van der Waals surface area contributed by atoms with Gasteiger partial charge in [0.25, 0.3) is 5.78 Å². The highest BCUT2D eigenvalue weighted by atomic mass is 79.9. The summed E-state index contributed by atoms with van der Waals surface area (Å²) in [6.07, 6.45) is 1.36. The molecule has 2 aromatic rings. The van der Waals surface area contributed by atoms with Crippen LogP contribution in [0.1, 0.15) is 23.2 Å². The lowest BCUT2D eigenvalue weighted by Gasteiger charge is -2.33. The van der Waals surface area contributed by atoms with E-state index in [9.17, 15) is 14.4 Å². The normalized spacial score (nSPS) is 18.4. The van der Waals surface area contributed by atoms with Gasteiger partial charge in [0, 0.05) is 35.2 Å². The summed E-state index contributed by atoms with van der Waals surface area (Å²) in [5.74, 6) is 0.187. The number of benzene rings is 2. The molecule has 0 radical (unpaired) electrons. The summed E-state index contributed by atoms with van der Waals surface area (Å²) in [4.78, 5) is 41.1. The molecule has 0 saturated carbocycles. The van der Waals surface area contributed by atoms with Crippen molar-refractivity contribution in [3.8, 4) is 11.5 Å². The van der Waals surface area contributed by atoms with Crippen molar-refractivity contribution >= 4 is 44.9 Å². The van der Waals surface area contributed by atoms with E-state index in [-0.39, 0.29) is 18.6 Å². The molecule has 3 heterocycles. The zero-order valence-electron chi connectivity index (χ0n) is 16.6. The third kappa shape index (κ3) is 3.79. The predicted molar refractivity (Wildman–Crippen MR) is 116 cm³/mol. The van der Waals surface area contributed by atoms with E-state index in [0.29, 0.717) is 61.0 Å². The van der Waals surface area contributed by atoms with E-state index in [4.69, 9.17) is 9.47 Å². The number of carbonyl (C=O) groups excluding carboxylic acids is 3. The monoisotopic (exact) mass is 485 g/mol. The Morgan fingerprint density at radius 1 is 1.06 bits per heavy atom. The van der Waals surface area contributed by atoms with E-state index >= 15 is 0 Å². The minimum atomic E-state index is -0.504. The summed E-state index contributed by atoms with van der Waals surface area (Å²) in [5.41, 5.74) is 1.75. The maximum atomic E-state index is 12.7. The lowest BCUT2D eigenvalue weighted by Crippen LogP contribution is -2.45. The summed E-state index contributed by atoms with van der Waals surface area (Å²) in [6.45, 7) is 1.87. The Kier molecular flexibility index (Phi) is 5.15. The number of hydrogen-bond acceptors (Lipinski definition) is 6. The van der Waals surface area contributed by atoms with Crippen LogP contribution in [0.15, 0.2) is 40.9 Å². The van der Waals surface area contributed by atoms with Crippen molar-refractivity contribution < 1.29 is 23.9 Å². The molecule has 0 aromatic heterocycles. The van der Waals surface area contributed by atoms with Gasteiger partial charge in [-0.2, -0.15) is 0 Å². The Labute approximate surface area is 187 Å². The molecule has 1 fully saturated rings. The van der Waals surface area contributed by atoms with Gasteiger partial charge in [-0.15, -0.1) is 0 Å². The Bertz CT molecular complexity index is 1080. The number of carbonyl (C=O) groups is 3. The van der Waals surface area contributed by atoms with Gasteiger partial charge < -0.3 is 14.8 Å². The maximum Gasteiger partial charge on any atom is 0.300 e. The van der Waals surface area contributed by atoms with Gasteiger partial charge in [0.2, 0.25) is 12.7 Å². The lowest BCUT2D eigenvalue weighted by atomic mass is 9.96. The number of rotatable bonds is 4. The second-order valence-corrected chi connectivity index (χ2v) is 8.73. The van der Waals surface area contributed by atoms with Crippen LogP contribution in [0.5, 0.6) is 11.5 Å². The van der Waals surface area contributed by atoms with Crippen molar-refractivity contribution in [1.29, 1.82) is 0 Å². The predicted octanol–water partition coefficient (Wildman–Crippen LogP) is 3.02. The number of ketones is 1. The number of piperidine rings is 1. The summed E-state index contributed by atoms with van der Waals surface area (Å²) < 4.78 is 11.4. The molecule has 0 atom stereocenters. The van der Waals surface area contributed by atoms with E-state index < -0.39 is 11.7 Å². The van der Waals surface area contributed by atoms with Crippen molar-refractivity contribution in [3.05, 3.63) is 46.4 Å². The number of amides is 2. The van der Waals surface area contributed by atoms with Gasteiger partial charge in [0.05, 0.1) is 17.9 Å². The number of Topliss-reactive ketones (excluding diaryl/α,β-unsaturated/α-hetero) is 1. The fourth-order valence-corrected chi connectivity index (χ4v) is 4.53. The first-order valence-corrected chi connectivity index (χ1v) is 10.9. The number of halogens is 1. The Balaban J connectivity index is 1.18. The van der Waals surface area contributed by atoms with Gasteiger partial charge in [-0.25, -0.2) is 0 Å². The highest BCUT2D eigenvalue weighted by molar-refractivity contribution is 9.10. The Morgan fingerprint density at radius 2 is 1.84 bits per heavy atom. The topological polar surface area (TPSA) is 88.2 Å². The van der Waals surface area contributed by atoms with Gasteiger partial charge in [-0.1, -0.05) is 15.9 Å². The van der Waals surface area contributed by atoms with Crippen LogP contribution in [0.25, 0.3) is 0 Å². The lowest BCUT2D eigenvalue weighted by molar-refractivity contribution is -0.121. The molecule has 0 unspecified atom stereocenters. The quantitative estimate of drug-likeness (QED) is 0.669. The van der Waals surface area contributed by atoms with Crippen molar-refractivity contribution in [2.75, 3.05) is 36.8 Å². The Hall–Kier alpha value is -2.91. The summed E-state index contributed by atoms with van der Waals surface area (Å²) in [5, 5.41) is 2.95. The summed E-state index contributed by atoms with van der Waals surface area (Å²) in [6, 6.07) is 10.6. The van der Waals surface area contributed by atoms with Crippen LogP contribution in [0, 0.1) is 5.92 Å². The average molecular weight is 486 g/mol. The van der Waals surface area contributed by atoms with E-state index in [1.165, 1.54) is 4.90 Å². The van der Waals surface area contributed by atoms with E-state index in [2.05, 4.69) is 26.1 Å². The number of anilines is 2. The molecular formula is C22H20BrN3O5. The van der Waals surface area contributed by atoms with Crippen LogP contribution in [0.4, 0.5) is 11.4 Å². The molecular weight excluding hydrogens is 466 g/mol. The summed E-state index contributed by atoms with van der Waals surface area (Å²) >= 11 is 3.35. The molecule has 2 aromatic carbocycles. The molecule has 0 aliphatic carbocycles. The first-order chi connectivity index (χ1) is 15.0. The minimum Gasteiger partial charge on any atom is -0.454 e. The van der Waals surface area contributed by atoms with Crippen LogP contribution in [-0.2, 0) is 9.59 Å². The van der Waals surface area contributed by atoms with Crippen molar-refractivity contribution in [2.45, 2.75) is 12.8 Å². The van der Waals surface area contributed by atoms with E-state index in [1.807, 2.05) is 6.07 Å². The van der Waals surface area contributed by atoms with Gasteiger partial charge in [0.1, 0.15) is 0 Å². The molecule has 2 amide bonds. The molecule has 8 nitrogen and oxygen atoms in total. The van der Waals surface area contributed by atoms with Crippen LogP contribution >= 0.6 is 15.9 Å². The highest BCUT2D eigenvalue weighted by Crippen LogP contribution is 2.35. The third-order valence-corrected chi connectivity index (χ3v) is 6.37. The first kappa shape index (κ1) is 20.0. The number of likely N-dealkylation sites (tertiary alicyclic amines) is 1. The van der Waals surface area contributed by atoms with Crippen molar-refractivity contribution in [3.63, 3.8) is 0 Å². The van der Waals surface area contributed by atoms with Gasteiger partial charge in [-0.3, -0.25) is 24.2 Å². The number of fused-ring (bicyclic) bond motifs is 2. The van der Waals surface area contributed by atoms with Crippen molar-refractivity contribution in [2.24, 2.45) is 5.92 Å². The molecule has 160 valence electrons. The van der Waals surface area contributed by atoms with Gasteiger partial charge in [0.15, 0.2) is 11.5 Å². The maximum absolute atomic E-state index is 12.7. The van der Waals surface area contributed by atoms with Crippen LogP contribution < -0.4 is 19.7 Å². The molecule has 3 aliphatic heterocycles. The minimum absolute atomic E-state index is 0.0267. The third-order valence-electron chi connectivity index (χ3n) is 5.87. The van der Waals surface area contributed by atoms with Crippen LogP contribution in [0.3, 0.4) is 0 Å². The fraction of sp³-hybridized carbons (Fsp3) is 0.318. The van der Waals surface area contributed by atoms with Crippen molar-refractivity contribution in [1.82, 2.24) is 4.90 Å². The first-order valence-electron chi connectivity index (χ1n) is 10.1. The largest absolute Gasteiger partial charge is 0.454 e. The molecule has 5 rings (SSSR count). The van der Waals surface area contributed by atoms with Crippen LogP contribution in [-0.4, -0.2) is 49.0 Å². The smallest absolute Gasteiger partial charge is 0.300 e. The average Bonchev–Trinajstić information content (AvgIpc) is 3.33. The molecule has 9 heteroatoms. The SMILES string of the molecule is O=C1C(=O)N(CN2CCC(C(=O)Nc3ccc4c(c3)OCO4)CC2)c2ccc(Br)cc21. The second-order valence-electron chi connectivity index (χ2n) is 7.81. The van der Waals surface area contributed by atoms with E-state index in [0.717, 1.165) is 4.47 Å². The van der Waals surface area contributed by atoms with Crippen LogP contribution in [0.2, 0.25) is 0 Å². The molecule has 0 bridgehead atoms. The fourth-order valence-electron chi connectivity index (χ4n) is 4.17. The molecule has 1 N–H and O–H groups in total. The second kappa shape index (κ2) is 7.97.